The summed E-state index contributed by atoms with van der Waals surface area (Å²) >= 11 is 0. The molecule has 0 aliphatic carbocycles. The van der Waals surface area contributed by atoms with E-state index in [-0.39, 0.29) is 32.2 Å². The molecule has 0 radical (unpaired) electrons. The van der Waals surface area contributed by atoms with Crippen LogP contribution < -0.4 is 4.89 Å². The number of likely N-dealkylation sites (N-methyl/N-ethyl adjacent to an activating group) is 1. The van der Waals surface area contributed by atoms with E-state index in [9.17, 15) is 24.5 Å². The first kappa shape index (κ1) is 51.7. The maximum atomic E-state index is 12.5. The molecule has 0 heterocycles. The minimum atomic E-state index is -4.55. The van der Waals surface area contributed by atoms with Crippen LogP contribution in [0.3, 0.4) is 0 Å². The Kier molecular flexibility index (Phi) is 34.3. The molecule has 0 saturated heterocycles. The van der Waals surface area contributed by atoms with Crippen LogP contribution in [0.2, 0.25) is 0 Å². The number of quaternary nitrogens is 1. The SMILES string of the molecule is CCCCC/C=C\C[C@@H](O)[C@H](O)CCCCCCCC(=O)OC[C@H](COP(=O)([O-])OCC[N+](C)(C)C)O/C=C/CCCCCCCCCCCCCC. The first-order chi connectivity index (χ1) is 25.4. The molecule has 0 bridgehead atoms. The lowest BCUT2D eigenvalue weighted by Gasteiger charge is -2.28. The van der Waals surface area contributed by atoms with Gasteiger partial charge in [0.2, 0.25) is 0 Å². The topological polar surface area (TPSA) is 135 Å². The molecule has 2 N–H and O–H groups in total. The van der Waals surface area contributed by atoms with E-state index >= 15 is 0 Å². The van der Waals surface area contributed by atoms with E-state index in [1.54, 1.807) is 6.26 Å². The van der Waals surface area contributed by atoms with Gasteiger partial charge in [0, 0.05) is 6.42 Å². The number of ether oxygens (including phenoxy) is 2. The van der Waals surface area contributed by atoms with E-state index in [4.69, 9.17) is 18.5 Å². The molecule has 0 rings (SSSR count). The molecule has 11 heteroatoms. The number of aliphatic hydroxyl groups excluding tert-OH is 2. The third-order valence-corrected chi connectivity index (χ3v) is 10.3. The van der Waals surface area contributed by atoms with Crippen LogP contribution in [-0.4, -0.2) is 86.5 Å². The van der Waals surface area contributed by atoms with Crippen molar-refractivity contribution in [2.75, 3.05) is 47.5 Å². The van der Waals surface area contributed by atoms with E-state index in [2.05, 4.69) is 19.9 Å². The Labute approximate surface area is 325 Å². The van der Waals surface area contributed by atoms with Crippen LogP contribution in [0.4, 0.5) is 0 Å². The van der Waals surface area contributed by atoms with Crippen LogP contribution in [-0.2, 0) is 27.9 Å². The van der Waals surface area contributed by atoms with Crippen LogP contribution in [0.5, 0.6) is 0 Å². The Hall–Kier alpha value is -1.26. The predicted molar refractivity (Wildman–Crippen MR) is 215 cm³/mol. The number of allylic oxidation sites excluding steroid dienone is 2. The molecule has 0 aromatic rings. The highest BCUT2D eigenvalue weighted by molar-refractivity contribution is 7.45. The van der Waals surface area contributed by atoms with E-state index in [1.165, 1.54) is 77.0 Å². The number of phosphoric acid groups is 1. The maximum Gasteiger partial charge on any atom is 0.305 e. The van der Waals surface area contributed by atoms with Gasteiger partial charge in [-0.1, -0.05) is 135 Å². The Morgan fingerprint density at radius 3 is 1.83 bits per heavy atom. The van der Waals surface area contributed by atoms with Gasteiger partial charge in [-0.25, -0.2) is 0 Å². The van der Waals surface area contributed by atoms with Gasteiger partial charge < -0.3 is 38.1 Å². The molecule has 53 heavy (non-hydrogen) atoms. The largest absolute Gasteiger partial charge is 0.756 e. The number of esters is 1. The van der Waals surface area contributed by atoms with Crippen molar-refractivity contribution in [2.45, 2.75) is 193 Å². The lowest BCUT2D eigenvalue weighted by atomic mass is 10.0. The molecule has 0 aliphatic heterocycles. The number of carbonyl (C=O) groups excluding carboxylic acids is 1. The second-order valence-corrected chi connectivity index (χ2v) is 17.1. The standard InChI is InChI=1S/C42H82NO9P/c1-6-8-10-12-14-15-16-17-18-19-20-21-26-30-35-49-39(38-52-53(47,48)51-36-34-43(3,4)5)37-50-42(46)33-29-25-22-24-28-32-41(45)40(44)31-27-23-13-11-9-7-2/h23,27,30,35,39-41,44-45H,6-22,24-26,28-29,31-34,36-38H2,1-5H3/b27-23-,35-30+/t39-,40-,41-/m1/s1. The van der Waals surface area contributed by atoms with E-state index < -0.39 is 26.1 Å². The zero-order chi connectivity index (χ0) is 39.5. The second kappa shape index (κ2) is 35.2. The van der Waals surface area contributed by atoms with Gasteiger partial charge in [-0.05, 0) is 51.0 Å². The Bertz CT molecular complexity index is 940. The van der Waals surface area contributed by atoms with Gasteiger partial charge in [0.05, 0.1) is 46.2 Å². The van der Waals surface area contributed by atoms with E-state index in [1.807, 2.05) is 33.3 Å². The first-order valence-electron chi connectivity index (χ1n) is 21.3. The molecule has 0 aromatic heterocycles. The van der Waals surface area contributed by atoms with Crippen molar-refractivity contribution in [3.8, 4) is 0 Å². The molecule has 314 valence electrons. The van der Waals surface area contributed by atoms with Crippen LogP contribution in [0.1, 0.15) is 174 Å². The number of hydrogen-bond acceptors (Lipinski definition) is 9. The smallest absolute Gasteiger partial charge is 0.305 e. The van der Waals surface area contributed by atoms with Gasteiger partial charge in [0.1, 0.15) is 19.8 Å². The van der Waals surface area contributed by atoms with Crippen molar-refractivity contribution in [3.63, 3.8) is 0 Å². The van der Waals surface area contributed by atoms with Crippen LogP contribution >= 0.6 is 7.82 Å². The number of unbranched alkanes of at least 4 members (excludes halogenated alkanes) is 19. The maximum absolute atomic E-state index is 12.5. The molecule has 0 amide bonds. The van der Waals surface area contributed by atoms with Gasteiger partial charge in [0.15, 0.2) is 6.10 Å². The van der Waals surface area contributed by atoms with E-state index in [0.29, 0.717) is 30.3 Å². The number of hydrogen-bond donors (Lipinski definition) is 2. The molecule has 4 atom stereocenters. The highest BCUT2D eigenvalue weighted by atomic mass is 31.2. The second-order valence-electron chi connectivity index (χ2n) is 15.7. The first-order valence-corrected chi connectivity index (χ1v) is 22.7. The summed E-state index contributed by atoms with van der Waals surface area (Å²) in [7, 11) is 1.28. The Balaban J connectivity index is 4.41. The molecule has 0 saturated carbocycles. The van der Waals surface area contributed by atoms with Crippen LogP contribution in [0.25, 0.3) is 0 Å². The zero-order valence-electron chi connectivity index (χ0n) is 34.7. The molecule has 1 unspecified atom stereocenters. The normalized spacial score (nSPS) is 15.2. The van der Waals surface area contributed by atoms with Crippen LogP contribution in [0.15, 0.2) is 24.5 Å². The van der Waals surface area contributed by atoms with Gasteiger partial charge >= 0.3 is 5.97 Å². The van der Waals surface area contributed by atoms with E-state index in [0.717, 1.165) is 57.8 Å². The highest BCUT2D eigenvalue weighted by Gasteiger charge is 2.19. The van der Waals surface area contributed by atoms with Gasteiger partial charge in [0.25, 0.3) is 7.82 Å². The number of phosphoric ester groups is 1. The molecule has 0 aromatic carbocycles. The molecule has 10 nitrogen and oxygen atoms in total. The summed E-state index contributed by atoms with van der Waals surface area (Å²) in [4.78, 5) is 24.8. The quantitative estimate of drug-likeness (QED) is 0.0156. The van der Waals surface area contributed by atoms with Gasteiger partial charge in [-0.3, -0.25) is 9.36 Å². The van der Waals surface area contributed by atoms with Crippen LogP contribution in [0, 0.1) is 0 Å². The van der Waals surface area contributed by atoms with Gasteiger partial charge in [-0.15, -0.1) is 0 Å². The zero-order valence-corrected chi connectivity index (χ0v) is 35.6. The van der Waals surface area contributed by atoms with Crippen molar-refractivity contribution in [1.82, 2.24) is 0 Å². The minimum absolute atomic E-state index is 0.00310. The third-order valence-electron chi connectivity index (χ3n) is 9.30. The Morgan fingerprint density at radius 2 is 1.21 bits per heavy atom. The number of carbonyl (C=O) groups is 1. The predicted octanol–water partition coefficient (Wildman–Crippen LogP) is 9.71. The summed E-state index contributed by atoms with van der Waals surface area (Å²) < 4.78 is 34.2. The van der Waals surface area contributed by atoms with Crippen molar-refractivity contribution in [2.24, 2.45) is 0 Å². The van der Waals surface area contributed by atoms with Crippen molar-refractivity contribution in [1.29, 1.82) is 0 Å². The number of rotatable bonds is 39. The number of nitrogens with zero attached hydrogens (tertiary/aromatic N) is 1. The molecule has 0 spiro atoms. The van der Waals surface area contributed by atoms with Crippen molar-refractivity contribution >= 4 is 13.8 Å². The summed E-state index contributed by atoms with van der Waals surface area (Å²) in [5.41, 5.74) is 0. The monoisotopic (exact) mass is 776 g/mol. The molecular weight excluding hydrogens is 693 g/mol. The average molecular weight is 776 g/mol. The lowest BCUT2D eigenvalue weighted by Crippen LogP contribution is -2.37. The fourth-order valence-electron chi connectivity index (χ4n) is 5.73. The van der Waals surface area contributed by atoms with Gasteiger partial charge in [-0.2, -0.15) is 0 Å². The fraction of sp³-hybridized carbons (Fsp3) is 0.881. The molecule has 0 fully saturated rings. The van der Waals surface area contributed by atoms with Crippen molar-refractivity contribution in [3.05, 3.63) is 24.5 Å². The Morgan fingerprint density at radius 1 is 0.679 bits per heavy atom. The highest BCUT2D eigenvalue weighted by Crippen LogP contribution is 2.38. The third kappa shape index (κ3) is 37.4. The fourth-order valence-corrected chi connectivity index (χ4v) is 6.46. The lowest BCUT2D eigenvalue weighted by molar-refractivity contribution is -0.870. The summed E-state index contributed by atoms with van der Waals surface area (Å²) in [6, 6.07) is 0. The summed E-state index contributed by atoms with van der Waals surface area (Å²) in [6.07, 6.45) is 31.7. The average Bonchev–Trinajstić information content (AvgIpc) is 3.10. The number of aliphatic hydroxyl groups is 2. The molecule has 0 aliphatic rings. The summed E-state index contributed by atoms with van der Waals surface area (Å²) in [6.45, 7) is 4.47. The summed E-state index contributed by atoms with van der Waals surface area (Å²) in [5, 5.41) is 20.4. The molecular formula is C42H82NO9P. The van der Waals surface area contributed by atoms with Crippen molar-refractivity contribution < 1.29 is 47.5 Å². The minimum Gasteiger partial charge on any atom is -0.756 e. The summed E-state index contributed by atoms with van der Waals surface area (Å²) in [5.74, 6) is -0.370.